The number of ether oxygens (including phenoxy) is 1. The number of sulfonamides is 1. The first-order valence-corrected chi connectivity index (χ1v) is 15.0. The largest absolute Gasteiger partial charge is 0.471 e. The molecule has 0 unspecified atom stereocenters. The molecule has 0 bridgehead atoms. The Bertz CT molecular complexity index is 1300. The van der Waals surface area contributed by atoms with Crippen LogP contribution in [0.15, 0.2) is 63.6 Å². The Labute approximate surface area is 241 Å². The van der Waals surface area contributed by atoms with Gasteiger partial charge in [0.2, 0.25) is 10.0 Å². The van der Waals surface area contributed by atoms with E-state index in [2.05, 4.69) is 36.6 Å². The Morgan fingerprint density at radius 2 is 1.79 bits per heavy atom. The number of likely N-dealkylation sites (tertiary alicyclic amines) is 1. The summed E-state index contributed by atoms with van der Waals surface area (Å²) in [6.45, 7) is 0.0726. The topological polar surface area (TPSA) is 96.0 Å². The van der Waals surface area contributed by atoms with Gasteiger partial charge in [-0.05, 0) is 75.0 Å². The van der Waals surface area contributed by atoms with E-state index in [9.17, 15) is 31.2 Å². The van der Waals surface area contributed by atoms with Crippen LogP contribution in [-0.2, 0) is 31.9 Å². The molecular weight excluding hydrogens is 671 g/mol. The summed E-state index contributed by atoms with van der Waals surface area (Å²) in [6, 6.07) is 11.4. The van der Waals surface area contributed by atoms with Gasteiger partial charge in [0, 0.05) is 22.0 Å². The predicted octanol–water partition coefficient (Wildman–Crippen LogP) is 5.51. The maximum absolute atomic E-state index is 13.5. The van der Waals surface area contributed by atoms with Crippen LogP contribution >= 0.6 is 31.9 Å². The third-order valence-corrected chi connectivity index (χ3v) is 8.43. The third-order valence-electron chi connectivity index (χ3n) is 5.89. The van der Waals surface area contributed by atoms with Crippen LogP contribution < -0.4 is 9.62 Å². The summed E-state index contributed by atoms with van der Waals surface area (Å²) in [5.74, 6) is -2.51. The van der Waals surface area contributed by atoms with E-state index in [0.29, 0.717) is 24.3 Å². The summed E-state index contributed by atoms with van der Waals surface area (Å²) in [5.41, 5.74) is 1.000. The molecule has 3 rings (SSSR count). The Hall–Kier alpha value is -2.42. The van der Waals surface area contributed by atoms with Crippen molar-refractivity contribution in [2.45, 2.75) is 37.4 Å². The first kappa shape index (κ1) is 31.1. The Morgan fingerprint density at radius 1 is 1.15 bits per heavy atom. The number of carbonyl (C=O) groups excluding carboxylic acids is 2. The van der Waals surface area contributed by atoms with E-state index in [0.717, 1.165) is 5.56 Å². The highest BCUT2D eigenvalue weighted by Gasteiger charge is 2.43. The molecule has 0 spiro atoms. The van der Waals surface area contributed by atoms with Gasteiger partial charge in [0.05, 0.1) is 17.5 Å². The molecule has 1 fully saturated rings. The fourth-order valence-corrected chi connectivity index (χ4v) is 6.48. The Balaban J connectivity index is 1.78. The van der Waals surface area contributed by atoms with Gasteiger partial charge in [-0.1, -0.05) is 42.5 Å². The molecule has 8 nitrogen and oxygen atoms in total. The summed E-state index contributed by atoms with van der Waals surface area (Å²) >= 11 is 6.37. The lowest BCUT2D eigenvalue weighted by molar-refractivity contribution is -0.170. The monoisotopic (exact) mass is 695 g/mol. The number of nitrogens with zero attached hydrogens (tertiary/aromatic N) is 2. The zero-order valence-electron chi connectivity index (χ0n) is 20.7. The van der Waals surface area contributed by atoms with Gasteiger partial charge in [0.15, 0.2) is 0 Å². The van der Waals surface area contributed by atoms with Gasteiger partial charge in [-0.15, -0.1) is 0 Å². The van der Waals surface area contributed by atoms with Crippen LogP contribution in [-0.4, -0.2) is 57.7 Å². The lowest BCUT2D eigenvalue weighted by Crippen LogP contribution is -2.42. The molecule has 0 aromatic heterocycles. The quantitative estimate of drug-likeness (QED) is 0.349. The van der Waals surface area contributed by atoms with Crippen LogP contribution in [0.5, 0.6) is 0 Å². The van der Waals surface area contributed by atoms with Crippen LogP contribution in [0.3, 0.4) is 0 Å². The van der Waals surface area contributed by atoms with Crippen LogP contribution in [0.2, 0.25) is 0 Å². The van der Waals surface area contributed by atoms with Crippen molar-refractivity contribution in [1.82, 2.24) is 9.62 Å². The Kier molecular flexibility index (Phi) is 10.6. The maximum atomic E-state index is 13.5. The average molecular weight is 697 g/mol. The van der Waals surface area contributed by atoms with Crippen molar-refractivity contribution in [2.75, 3.05) is 25.0 Å². The van der Waals surface area contributed by atoms with Crippen molar-refractivity contribution in [1.29, 1.82) is 0 Å². The first-order chi connectivity index (χ1) is 18.3. The van der Waals surface area contributed by atoms with Gasteiger partial charge in [0.1, 0.15) is 6.61 Å². The lowest BCUT2D eigenvalue weighted by atomic mass is 10.2. The fraction of sp³-hybridized carbons (Fsp3) is 0.360. The maximum Gasteiger partial charge on any atom is 0.471 e. The molecule has 1 heterocycles. The summed E-state index contributed by atoms with van der Waals surface area (Å²) < 4.78 is 72.1. The lowest BCUT2D eigenvalue weighted by Gasteiger charge is -2.26. The van der Waals surface area contributed by atoms with Crippen molar-refractivity contribution in [3.05, 3.63) is 74.7 Å². The molecule has 1 atom stereocenters. The molecule has 1 saturated heterocycles. The van der Waals surface area contributed by atoms with Crippen LogP contribution in [0.25, 0.3) is 0 Å². The number of amides is 2. The fourth-order valence-electron chi connectivity index (χ4n) is 4.02. The summed E-state index contributed by atoms with van der Waals surface area (Å²) in [5, 5.41) is 0. The zero-order chi connectivity index (χ0) is 28.8. The van der Waals surface area contributed by atoms with Crippen molar-refractivity contribution >= 4 is 59.6 Å². The van der Waals surface area contributed by atoms with E-state index in [1.54, 1.807) is 6.08 Å². The molecule has 1 aliphatic heterocycles. The summed E-state index contributed by atoms with van der Waals surface area (Å²) in [7, 11) is -2.39. The molecule has 14 heteroatoms. The van der Waals surface area contributed by atoms with Gasteiger partial charge in [-0.2, -0.15) is 13.2 Å². The van der Waals surface area contributed by atoms with E-state index in [4.69, 9.17) is 4.74 Å². The number of hydrogen-bond acceptors (Lipinski definition) is 5. The minimum Gasteiger partial charge on any atom is -0.445 e. The van der Waals surface area contributed by atoms with E-state index >= 15 is 0 Å². The number of alkyl halides is 3. The minimum atomic E-state index is -5.17. The van der Waals surface area contributed by atoms with E-state index in [1.807, 2.05) is 30.3 Å². The molecule has 39 heavy (non-hydrogen) atoms. The number of benzene rings is 2. The highest BCUT2D eigenvalue weighted by Crippen LogP contribution is 2.38. The van der Waals surface area contributed by atoms with Crippen molar-refractivity contribution in [3.8, 4) is 0 Å². The summed E-state index contributed by atoms with van der Waals surface area (Å²) in [4.78, 5) is 27.0. The predicted molar refractivity (Wildman–Crippen MR) is 147 cm³/mol. The van der Waals surface area contributed by atoms with E-state index in [-0.39, 0.29) is 26.8 Å². The minimum absolute atomic E-state index is 0.0914. The second-order valence-corrected chi connectivity index (χ2v) is 12.3. The molecule has 2 aromatic rings. The highest BCUT2D eigenvalue weighted by molar-refractivity contribution is 9.11. The molecule has 212 valence electrons. The Morgan fingerprint density at radius 3 is 2.38 bits per heavy atom. The molecule has 2 aromatic carbocycles. The van der Waals surface area contributed by atoms with Crippen LogP contribution in [0.4, 0.5) is 23.7 Å². The highest BCUT2D eigenvalue weighted by atomic mass is 79.9. The molecule has 1 aliphatic rings. The van der Waals surface area contributed by atoms with Gasteiger partial charge < -0.3 is 9.64 Å². The van der Waals surface area contributed by atoms with E-state index < -0.39 is 46.5 Å². The van der Waals surface area contributed by atoms with Gasteiger partial charge >= 0.3 is 18.2 Å². The molecule has 0 radical (unpaired) electrons. The third kappa shape index (κ3) is 8.53. The number of halogens is 5. The second kappa shape index (κ2) is 13.3. The smallest absolute Gasteiger partial charge is 0.445 e. The van der Waals surface area contributed by atoms with Crippen molar-refractivity contribution in [2.24, 2.45) is 0 Å². The normalized spacial score (nSPS) is 16.1. The van der Waals surface area contributed by atoms with Gasteiger partial charge in [-0.3, -0.25) is 9.69 Å². The molecule has 2 amide bonds. The van der Waals surface area contributed by atoms with E-state index in [1.165, 1.54) is 30.2 Å². The van der Waals surface area contributed by atoms with Crippen LogP contribution in [0, 0.1) is 0 Å². The molecule has 1 N–H and O–H groups in total. The number of rotatable bonds is 9. The zero-order valence-corrected chi connectivity index (χ0v) is 24.7. The van der Waals surface area contributed by atoms with Crippen molar-refractivity contribution in [3.63, 3.8) is 0 Å². The number of anilines is 1. The number of nitrogens with one attached hydrogen (secondary N) is 1. The second-order valence-electron chi connectivity index (χ2n) is 8.66. The molecule has 0 aliphatic carbocycles. The summed E-state index contributed by atoms with van der Waals surface area (Å²) in [6.07, 6.45) is -1.44. The SMILES string of the molecule is CNS(=O)(=O)Cc1cc(Br)c(N(C/C=C\[C@H]2CCCN2C(=O)OCc2ccccc2)C(=O)C(F)(F)F)c(Br)c1. The first-order valence-electron chi connectivity index (χ1n) is 11.7. The molecular formula is C25H26Br2F3N3O5S. The van der Waals surface area contributed by atoms with Crippen LogP contribution in [0.1, 0.15) is 24.0 Å². The van der Waals surface area contributed by atoms with Crippen molar-refractivity contribution < 1.29 is 35.9 Å². The average Bonchev–Trinajstić information content (AvgIpc) is 3.34. The van der Waals surface area contributed by atoms with Gasteiger partial charge in [-0.25, -0.2) is 17.9 Å². The number of hydrogen-bond donors (Lipinski definition) is 1. The standard InChI is InChI=1S/C25H26Br2F3N3O5S/c1-31-39(36,37)16-18-13-20(26)22(21(27)14-18)33(23(34)25(28,29)30)12-6-10-19-9-5-11-32(19)24(35)38-15-17-7-3-2-4-8-17/h2-4,6-8,10,13-14,19,31H,5,9,11-12,15-16H2,1H3/b10-6-/t19-/m1/s1. The van der Waals surface area contributed by atoms with Gasteiger partial charge in [0.25, 0.3) is 0 Å². The molecule has 0 saturated carbocycles. The number of carbonyl (C=O) groups is 2.